The van der Waals surface area contributed by atoms with Crippen molar-refractivity contribution in [2.75, 3.05) is 111 Å². The number of unbranched alkanes of at least 4 members (excludes halogenated alkanes) is 1. The molecule has 0 aliphatic carbocycles. The van der Waals surface area contributed by atoms with Crippen LogP contribution >= 0.6 is 71.9 Å². The van der Waals surface area contributed by atoms with Crippen molar-refractivity contribution < 1.29 is 52.5 Å². The zero-order chi connectivity index (χ0) is 57.2. The predicted molar refractivity (Wildman–Crippen MR) is 321 cm³/mol. The maximum Gasteiger partial charge on any atom is 0.407 e. The Morgan fingerprint density at radius 3 is 1.28 bits per heavy atom. The number of ether oxygens (including phenoxy) is 4. The molecule has 1 atom stereocenters. The van der Waals surface area contributed by atoms with Crippen molar-refractivity contribution in [3.63, 3.8) is 0 Å². The van der Waals surface area contributed by atoms with Crippen LogP contribution < -0.4 is 40.8 Å². The first-order valence-corrected chi connectivity index (χ1v) is 29.8. The summed E-state index contributed by atoms with van der Waals surface area (Å²) < 4.78 is 23.7. The Morgan fingerprint density at radius 1 is 0.544 bits per heavy atom. The molecule has 3 aliphatic heterocycles. The molecule has 3 aromatic carbocycles. The lowest BCUT2D eigenvalue weighted by atomic mass is 10.1. The van der Waals surface area contributed by atoms with E-state index in [0.29, 0.717) is 102 Å². The molecule has 0 aromatic heterocycles. The monoisotopic (exact) mass is 1200 g/mol. The molecule has 0 saturated carbocycles. The third kappa shape index (κ3) is 17.2. The van der Waals surface area contributed by atoms with Crippen molar-refractivity contribution in [1.82, 2.24) is 46.2 Å². The van der Waals surface area contributed by atoms with E-state index in [4.69, 9.17) is 55.6 Å². The highest BCUT2D eigenvalue weighted by molar-refractivity contribution is 8.24. The van der Waals surface area contributed by atoms with E-state index in [1.165, 1.54) is 71.3 Å². The maximum absolute atomic E-state index is 13.9. The van der Waals surface area contributed by atoms with E-state index < -0.39 is 29.4 Å². The summed E-state index contributed by atoms with van der Waals surface area (Å²) in [5, 5.41) is 15.3. The van der Waals surface area contributed by atoms with Crippen molar-refractivity contribution in [2.45, 2.75) is 51.7 Å². The van der Waals surface area contributed by atoms with Gasteiger partial charge in [-0.05, 0) is 70.0 Å². The number of amides is 7. The number of carbonyl (C=O) groups is 7. The lowest BCUT2D eigenvalue weighted by Crippen LogP contribution is -2.47. The van der Waals surface area contributed by atoms with E-state index in [1.54, 1.807) is 75.4 Å². The Hall–Kier alpha value is -5.61. The number of rotatable bonds is 26. The van der Waals surface area contributed by atoms with Crippen molar-refractivity contribution in [2.24, 2.45) is 0 Å². The average Bonchev–Trinajstić information content (AvgIpc) is 4.23. The third-order valence-electron chi connectivity index (χ3n) is 12.5. The summed E-state index contributed by atoms with van der Waals surface area (Å²) in [6.07, 6.45) is 1.38. The highest BCUT2D eigenvalue weighted by atomic mass is 32.2. The Balaban J connectivity index is 1.18. The van der Waals surface area contributed by atoms with Gasteiger partial charge in [-0.15, -0.1) is 0 Å². The maximum atomic E-state index is 13.9. The molecule has 6 rings (SSSR count). The minimum atomic E-state index is -0.657. The van der Waals surface area contributed by atoms with Crippen LogP contribution in [0.3, 0.4) is 0 Å². The Kier molecular flexibility index (Phi) is 24.0. The van der Waals surface area contributed by atoms with Gasteiger partial charge in [-0.25, -0.2) is 4.79 Å². The van der Waals surface area contributed by atoms with Gasteiger partial charge < -0.3 is 45.5 Å². The van der Waals surface area contributed by atoms with E-state index in [9.17, 15) is 33.6 Å². The van der Waals surface area contributed by atoms with Crippen LogP contribution in [-0.2, 0) is 4.74 Å². The normalized spacial score (nSPS) is 14.8. The molecule has 26 heteroatoms. The van der Waals surface area contributed by atoms with E-state index in [2.05, 4.69) is 31.5 Å². The number of nitrogens with one attached hydrogen (secondary N) is 5. The van der Waals surface area contributed by atoms with Crippen LogP contribution in [0.4, 0.5) is 4.79 Å². The van der Waals surface area contributed by atoms with Crippen LogP contribution in [0.1, 0.15) is 102 Å². The van der Waals surface area contributed by atoms with Gasteiger partial charge in [0.1, 0.15) is 35.8 Å². The molecule has 79 heavy (non-hydrogen) atoms. The molecule has 3 aliphatic rings. The molecule has 1 unspecified atom stereocenters. The molecule has 3 saturated heterocycles. The van der Waals surface area contributed by atoms with Crippen molar-refractivity contribution in [1.29, 1.82) is 0 Å². The molecule has 3 fully saturated rings. The van der Waals surface area contributed by atoms with Crippen LogP contribution in [0.15, 0.2) is 54.6 Å². The number of carbonyl (C=O) groups excluding carboxylic acids is 7. The van der Waals surface area contributed by atoms with Crippen LogP contribution in [0.2, 0.25) is 0 Å². The van der Waals surface area contributed by atoms with Crippen molar-refractivity contribution >= 4 is 126 Å². The summed E-state index contributed by atoms with van der Waals surface area (Å²) >= 11 is 20.4. The molecule has 3 aromatic rings. The number of thiocarbonyl (C=S) groups is 3. The van der Waals surface area contributed by atoms with E-state index in [-0.39, 0.29) is 94.0 Å². The first-order chi connectivity index (χ1) is 37.9. The van der Waals surface area contributed by atoms with Gasteiger partial charge in [0.2, 0.25) is 0 Å². The number of nitrogens with zero attached hydrogens (tertiary/aromatic N) is 4. The second-order valence-corrected chi connectivity index (χ2v) is 24.2. The number of hydrogen-bond acceptors (Lipinski definition) is 19. The molecule has 0 radical (unpaired) electrons. The van der Waals surface area contributed by atoms with Crippen molar-refractivity contribution in [3.8, 4) is 17.2 Å². The number of benzene rings is 3. The fourth-order valence-corrected chi connectivity index (χ4v) is 12.4. The zero-order valence-electron chi connectivity index (χ0n) is 45.0. The number of para-hydroxylation sites is 3. The van der Waals surface area contributed by atoms with E-state index in [1.807, 2.05) is 0 Å². The van der Waals surface area contributed by atoms with Gasteiger partial charge in [-0.1, -0.05) is 96.6 Å². The highest BCUT2D eigenvalue weighted by Crippen LogP contribution is 2.31. The summed E-state index contributed by atoms with van der Waals surface area (Å²) in [4.78, 5) is 101. The molecular formula is C53H67N9O11S6. The smallest absolute Gasteiger partial charge is 0.407 e. The molecule has 0 spiro atoms. The summed E-state index contributed by atoms with van der Waals surface area (Å²) in [7, 11) is 4.20. The molecule has 5 N–H and O–H groups in total. The third-order valence-corrected chi connectivity index (χ3v) is 16.8. The first-order valence-electron chi connectivity index (χ1n) is 25.6. The van der Waals surface area contributed by atoms with Gasteiger partial charge in [0, 0.05) is 95.3 Å². The molecular weight excluding hydrogens is 1130 g/mol. The predicted octanol–water partition coefficient (Wildman–Crippen LogP) is 5.68. The first kappa shape index (κ1) is 62.6. The summed E-state index contributed by atoms with van der Waals surface area (Å²) in [5.41, 5.74) is 0.495. The van der Waals surface area contributed by atoms with Gasteiger partial charge in [-0.2, -0.15) is 0 Å². The van der Waals surface area contributed by atoms with E-state index in [0.717, 1.165) is 0 Å². The van der Waals surface area contributed by atoms with E-state index >= 15 is 0 Å². The van der Waals surface area contributed by atoms with Gasteiger partial charge in [0.15, 0.2) is 0 Å². The fraction of sp³-hybridized carbons (Fsp3) is 0.472. The second kappa shape index (κ2) is 30.3. The van der Waals surface area contributed by atoms with Crippen LogP contribution in [0.5, 0.6) is 17.2 Å². The summed E-state index contributed by atoms with van der Waals surface area (Å²) in [6, 6.07) is 14.2. The zero-order valence-corrected chi connectivity index (χ0v) is 49.9. The van der Waals surface area contributed by atoms with Crippen LogP contribution in [-0.4, -0.2) is 196 Å². The second-order valence-electron chi connectivity index (χ2n) is 19.0. The average molecular weight is 1200 g/mol. The number of alkyl carbamates (subject to hydrolysis) is 1. The molecule has 0 bridgehead atoms. The highest BCUT2D eigenvalue weighted by Gasteiger charge is 2.32. The van der Waals surface area contributed by atoms with Crippen molar-refractivity contribution in [3.05, 3.63) is 88.0 Å². The number of thioether (sulfide) groups is 3. The standard InChI is InChI=1S/C53H67N9O11S6/c1-53(2,3)73-49(69)58-19-8-7-12-33(54-20-21-55-43(63)34-13-9-16-37(40(34)70-4)46(66)60-26-29-77-50(60)74)32-59(24-22-56-44(64)35-14-10-17-38(41(35)71-5)47(67)61-27-30-78-51(61)75)25-23-57-45(65)36-15-11-18-39(42(36)72-6)48(68)62-28-31-79-52(62)76/h9-11,13-18,33,54H,7-8,12,19-32H2,1-6H3,(H,55,63)(H,56,64)(H,57,65)(H,58,69). The lowest BCUT2D eigenvalue weighted by molar-refractivity contribution is 0.0525. The molecule has 426 valence electrons. The number of methoxy groups -OCH3 is 3. The van der Waals surface area contributed by atoms with Gasteiger partial charge in [0.25, 0.3) is 35.4 Å². The fourth-order valence-electron chi connectivity index (χ4n) is 8.76. The molecule has 20 nitrogen and oxygen atoms in total. The number of hydrogen-bond donors (Lipinski definition) is 5. The van der Waals surface area contributed by atoms with Crippen LogP contribution in [0.25, 0.3) is 0 Å². The van der Waals surface area contributed by atoms with Gasteiger partial charge in [-0.3, -0.25) is 48.4 Å². The Labute approximate surface area is 489 Å². The molecule has 3 heterocycles. The quantitative estimate of drug-likeness (QED) is 0.0481. The minimum Gasteiger partial charge on any atom is -0.495 e. The Morgan fingerprint density at radius 2 is 0.924 bits per heavy atom. The summed E-state index contributed by atoms with van der Waals surface area (Å²) in [5.74, 6) is -0.0413. The summed E-state index contributed by atoms with van der Waals surface area (Å²) in [6.45, 7) is 8.87. The SMILES string of the molecule is COc1c(C(=O)NCCNC(CCCCNC(=O)OC(C)(C)C)CN(CCNC(=O)c2cccc(C(=O)N3CCSC3=S)c2OC)CCNC(=O)c2cccc(C(=O)N3CCSC3=S)c2OC)cccc1C(=O)N1CCSC1=S. The van der Waals surface area contributed by atoms with Gasteiger partial charge in [0.05, 0.1) is 54.7 Å². The van der Waals surface area contributed by atoms with Crippen LogP contribution in [0, 0.1) is 0 Å². The Bertz CT molecular complexity index is 2670. The topological polar surface area (TPSA) is 230 Å². The largest absolute Gasteiger partial charge is 0.495 e. The molecule has 7 amide bonds. The lowest BCUT2D eigenvalue weighted by Gasteiger charge is -2.29. The minimum absolute atomic E-state index is 0.121. The van der Waals surface area contributed by atoms with Gasteiger partial charge >= 0.3 is 6.09 Å².